The molecule has 0 spiro atoms. The van der Waals surface area contributed by atoms with Gasteiger partial charge < -0.3 is 20.5 Å². The van der Waals surface area contributed by atoms with E-state index < -0.39 is 0 Å². The van der Waals surface area contributed by atoms with Crippen molar-refractivity contribution in [2.45, 2.75) is 18.9 Å². The quantitative estimate of drug-likeness (QED) is 0.474. The Morgan fingerprint density at radius 3 is 2.90 bits per heavy atom. The highest BCUT2D eigenvalue weighted by Crippen LogP contribution is 2.33. The van der Waals surface area contributed by atoms with Crippen molar-refractivity contribution in [3.05, 3.63) is 58.8 Å². The van der Waals surface area contributed by atoms with Crippen LogP contribution in [0.1, 0.15) is 23.6 Å². The summed E-state index contributed by atoms with van der Waals surface area (Å²) >= 11 is 1.60. The van der Waals surface area contributed by atoms with E-state index >= 15 is 0 Å². The van der Waals surface area contributed by atoms with E-state index in [1.165, 1.54) is 5.56 Å². The Morgan fingerprint density at radius 2 is 2.07 bits per heavy atom. The number of nitrogens with two attached hydrogens (primary N) is 1. The summed E-state index contributed by atoms with van der Waals surface area (Å²) < 4.78 is 2.06. The van der Waals surface area contributed by atoms with Crippen molar-refractivity contribution in [1.29, 1.82) is 0 Å². The molecular formula is C21H24N8S. The highest BCUT2D eigenvalue weighted by molar-refractivity contribution is 7.07. The second kappa shape index (κ2) is 8.37. The molecule has 8 nitrogen and oxygen atoms in total. The third-order valence-corrected chi connectivity index (χ3v) is 6.27. The standard InChI is InChI=1S/C21H24N8S/c22-20-27-19-17(3-1-4-18(19)29(20)12-16-13-30-14-26-16)15-5-9-28(11-15)10-8-25-21-23-6-2-7-24-21/h1-4,6-7,13-15H,5,8-12H2,(H2,22,27)(H,23,24,25). The first kappa shape index (κ1) is 19.0. The van der Waals surface area contributed by atoms with Crippen LogP contribution in [0.2, 0.25) is 0 Å². The highest BCUT2D eigenvalue weighted by atomic mass is 32.1. The van der Waals surface area contributed by atoms with Crippen molar-refractivity contribution in [1.82, 2.24) is 29.4 Å². The minimum absolute atomic E-state index is 0.462. The maximum atomic E-state index is 6.28. The van der Waals surface area contributed by atoms with Gasteiger partial charge >= 0.3 is 0 Å². The molecule has 1 aliphatic heterocycles. The average Bonchev–Trinajstić information content (AvgIpc) is 3.51. The number of rotatable bonds is 7. The molecule has 1 aromatic carbocycles. The fourth-order valence-electron chi connectivity index (χ4n) is 4.17. The van der Waals surface area contributed by atoms with Gasteiger partial charge in [0.25, 0.3) is 0 Å². The predicted molar refractivity (Wildman–Crippen MR) is 120 cm³/mol. The summed E-state index contributed by atoms with van der Waals surface area (Å²) in [5.74, 6) is 1.69. The fourth-order valence-corrected chi connectivity index (χ4v) is 4.72. The van der Waals surface area contributed by atoms with Gasteiger partial charge in [-0.15, -0.1) is 11.3 Å². The van der Waals surface area contributed by atoms with Gasteiger partial charge in [-0.05, 0) is 30.7 Å². The minimum Gasteiger partial charge on any atom is -0.369 e. The smallest absolute Gasteiger partial charge is 0.222 e. The number of nitrogens with zero attached hydrogens (tertiary/aromatic N) is 6. The lowest BCUT2D eigenvalue weighted by Gasteiger charge is -2.16. The van der Waals surface area contributed by atoms with Gasteiger partial charge in [0, 0.05) is 43.3 Å². The number of fused-ring (bicyclic) bond motifs is 1. The first-order valence-electron chi connectivity index (χ1n) is 10.1. The van der Waals surface area contributed by atoms with E-state index in [0.717, 1.165) is 49.3 Å². The van der Waals surface area contributed by atoms with Gasteiger partial charge in [0.1, 0.15) is 0 Å². The number of likely N-dealkylation sites (tertiary alicyclic amines) is 1. The summed E-state index contributed by atoms with van der Waals surface area (Å²) in [6, 6.07) is 8.24. The highest BCUT2D eigenvalue weighted by Gasteiger charge is 2.26. The molecule has 1 unspecified atom stereocenters. The zero-order valence-corrected chi connectivity index (χ0v) is 17.4. The Kier molecular flexibility index (Phi) is 5.29. The lowest BCUT2D eigenvalue weighted by molar-refractivity contribution is 0.348. The number of hydrogen-bond acceptors (Lipinski definition) is 8. The van der Waals surface area contributed by atoms with Crippen LogP contribution in [0.5, 0.6) is 0 Å². The summed E-state index contributed by atoms with van der Waals surface area (Å²) in [6.07, 6.45) is 4.63. The first-order chi connectivity index (χ1) is 14.8. The van der Waals surface area contributed by atoms with Crippen LogP contribution < -0.4 is 11.1 Å². The second-order valence-electron chi connectivity index (χ2n) is 7.54. The molecule has 3 aromatic heterocycles. The molecule has 1 saturated heterocycles. The van der Waals surface area contributed by atoms with Crippen molar-refractivity contribution >= 4 is 34.3 Å². The first-order valence-corrected chi connectivity index (χ1v) is 11.1. The second-order valence-corrected chi connectivity index (χ2v) is 8.25. The van der Waals surface area contributed by atoms with Crippen molar-refractivity contribution in [3.63, 3.8) is 0 Å². The molecule has 154 valence electrons. The molecule has 1 fully saturated rings. The molecule has 0 aliphatic carbocycles. The molecule has 4 aromatic rings. The number of thiazole rings is 1. The SMILES string of the molecule is Nc1nc2c(C3CCN(CCNc4ncccn4)C3)cccc2n1Cc1cscn1. The molecule has 4 heterocycles. The van der Waals surface area contributed by atoms with E-state index in [1.807, 2.05) is 11.6 Å². The van der Waals surface area contributed by atoms with Crippen LogP contribution in [0, 0.1) is 0 Å². The molecule has 0 radical (unpaired) electrons. The third-order valence-electron chi connectivity index (χ3n) is 5.63. The molecule has 0 bridgehead atoms. The number of benzene rings is 1. The van der Waals surface area contributed by atoms with Crippen molar-refractivity contribution in [2.75, 3.05) is 37.2 Å². The van der Waals surface area contributed by atoms with Crippen LogP contribution in [0.25, 0.3) is 11.0 Å². The molecule has 9 heteroatoms. The van der Waals surface area contributed by atoms with E-state index in [1.54, 1.807) is 23.7 Å². The Hall–Kier alpha value is -3.04. The van der Waals surface area contributed by atoms with Crippen LogP contribution >= 0.6 is 11.3 Å². The molecule has 0 saturated carbocycles. The van der Waals surface area contributed by atoms with E-state index in [2.05, 4.69) is 53.3 Å². The van der Waals surface area contributed by atoms with Crippen LogP contribution in [0.15, 0.2) is 47.5 Å². The van der Waals surface area contributed by atoms with Gasteiger partial charge in [-0.25, -0.2) is 19.9 Å². The number of anilines is 2. The average molecular weight is 421 g/mol. The van der Waals surface area contributed by atoms with Crippen molar-refractivity contribution in [3.8, 4) is 0 Å². The summed E-state index contributed by atoms with van der Waals surface area (Å²) in [7, 11) is 0. The summed E-state index contributed by atoms with van der Waals surface area (Å²) in [4.78, 5) is 20.0. The maximum absolute atomic E-state index is 6.28. The molecule has 0 amide bonds. The minimum atomic E-state index is 0.462. The van der Waals surface area contributed by atoms with Gasteiger partial charge in [-0.1, -0.05) is 12.1 Å². The van der Waals surface area contributed by atoms with Crippen LogP contribution in [0.4, 0.5) is 11.9 Å². The number of para-hydroxylation sites is 1. The normalized spacial score (nSPS) is 17.0. The van der Waals surface area contributed by atoms with E-state index in [0.29, 0.717) is 24.4 Å². The zero-order valence-electron chi connectivity index (χ0n) is 16.6. The van der Waals surface area contributed by atoms with E-state index in [4.69, 9.17) is 10.7 Å². The number of nitrogens with one attached hydrogen (secondary N) is 1. The Labute approximate surface area is 178 Å². The Bertz CT molecular complexity index is 1110. The number of aromatic nitrogens is 5. The lowest BCUT2D eigenvalue weighted by Crippen LogP contribution is -2.27. The predicted octanol–water partition coefficient (Wildman–Crippen LogP) is 2.81. The van der Waals surface area contributed by atoms with Gasteiger partial charge in [0.2, 0.25) is 11.9 Å². The topological polar surface area (TPSA) is 97.8 Å². The van der Waals surface area contributed by atoms with Gasteiger partial charge in [0.05, 0.1) is 28.8 Å². The van der Waals surface area contributed by atoms with Crippen molar-refractivity contribution in [2.24, 2.45) is 0 Å². The lowest BCUT2D eigenvalue weighted by atomic mass is 9.97. The Morgan fingerprint density at radius 1 is 1.17 bits per heavy atom. The number of hydrogen-bond donors (Lipinski definition) is 2. The zero-order chi connectivity index (χ0) is 20.3. The summed E-state index contributed by atoms with van der Waals surface area (Å²) in [5, 5.41) is 5.34. The van der Waals surface area contributed by atoms with Gasteiger partial charge in [-0.2, -0.15) is 0 Å². The Balaban J connectivity index is 1.28. The fraction of sp³-hybridized carbons (Fsp3) is 0.333. The summed E-state index contributed by atoms with van der Waals surface area (Å²) in [6.45, 7) is 4.54. The molecule has 3 N–H and O–H groups in total. The van der Waals surface area contributed by atoms with E-state index in [-0.39, 0.29) is 0 Å². The monoisotopic (exact) mass is 420 g/mol. The maximum Gasteiger partial charge on any atom is 0.222 e. The van der Waals surface area contributed by atoms with Crippen molar-refractivity contribution < 1.29 is 0 Å². The summed E-state index contributed by atoms with van der Waals surface area (Å²) in [5.41, 5.74) is 12.5. The van der Waals surface area contributed by atoms with Crippen LogP contribution in [-0.2, 0) is 6.54 Å². The largest absolute Gasteiger partial charge is 0.369 e. The van der Waals surface area contributed by atoms with Gasteiger partial charge in [-0.3, -0.25) is 0 Å². The van der Waals surface area contributed by atoms with Crippen LogP contribution in [0.3, 0.4) is 0 Å². The molecule has 30 heavy (non-hydrogen) atoms. The molecular weight excluding hydrogens is 396 g/mol. The molecule has 1 aliphatic rings. The van der Waals surface area contributed by atoms with Gasteiger partial charge in [0.15, 0.2) is 0 Å². The molecule has 1 atom stereocenters. The number of nitrogen functional groups attached to an aromatic ring is 1. The number of imidazole rings is 1. The van der Waals surface area contributed by atoms with E-state index in [9.17, 15) is 0 Å². The third kappa shape index (κ3) is 3.86. The van der Waals surface area contributed by atoms with Crippen LogP contribution in [-0.4, -0.2) is 55.6 Å². The molecule has 5 rings (SSSR count).